The van der Waals surface area contributed by atoms with Crippen LogP contribution in [0.1, 0.15) is 12.5 Å². The summed E-state index contributed by atoms with van der Waals surface area (Å²) >= 11 is 0. The van der Waals surface area contributed by atoms with Gasteiger partial charge < -0.3 is 10.5 Å². The third-order valence-electron chi connectivity index (χ3n) is 2.96. The van der Waals surface area contributed by atoms with Crippen LogP contribution in [0.15, 0.2) is 48.5 Å². The largest absolute Gasteiger partial charge is 0.497 e. The highest BCUT2D eigenvalue weighted by atomic mass is 16.5. The molecule has 2 rings (SSSR count). The third kappa shape index (κ3) is 2.90. The number of hydrogen-bond donors (Lipinski definition) is 1. The molecule has 2 nitrogen and oxygen atoms in total. The summed E-state index contributed by atoms with van der Waals surface area (Å²) in [6.45, 7) is 2.03. The molecule has 0 spiro atoms. The van der Waals surface area contributed by atoms with E-state index in [0.717, 1.165) is 12.2 Å². The van der Waals surface area contributed by atoms with Crippen LogP contribution in [0.2, 0.25) is 0 Å². The van der Waals surface area contributed by atoms with Crippen molar-refractivity contribution < 1.29 is 4.74 Å². The van der Waals surface area contributed by atoms with Crippen molar-refractivity contribution >= 4 is 0 Å². The molecule has 0 heterocycles. The van der Waals surface area contributed by atoms with Crippen LogP contribution in [0.5, 0.6) is 5.75 Å². The highest BCUT2D eigenvalue weighted by Gasteiger charge is 2.06. The van der Waals surface area contributed by atoms with Gasteiger partial charge in [0.15, 0.2) is 0 Å². The summed E-state index contributed by atoms with van der Waals surface area (Å²) in [5, 5.41) is 0. The molecule has 0 aliphatic carbocycles. The maximum absolute atomic E-state index is 5.90. The molecular formula is C16H19NO. The highest BCUT2D eigenvalue weighted by Crippen LogP contribution is 2.26. The number of rotatable bonds is 4. The van der Waals surface area contributed by atoms with Crippen LogP contribution in [-0.4, -0.2) is 13.2 Å². The van der Waals surface area contributed by atoms with E-state index in [1.54, 1.807) is 7.11 Å². The van der Waals surface area contributed by atoms with Crippen molar-refractivity contribution in [2.45, 2.75) is 19.4 Å². The Morgan fingerprint density at radius 2 is 1.72 bits per heavy atom. The molecule has 0 saturated heterocycles. The lowest BCUT2D eigenvalue weighted by molar-refractivity contribution is 0.415. The fourth-order valence-electron chi connectivity index (χ4n) is 2.10. The van der Waals surface area contributed by atoms with E-state index in [1.807, 2.05) is 19.1 Å². The Morgan fingerprint density at radius 1 is 1.06 bits per heavy atom. The average Bonchev–Trinajstić information content (AvgIpc) is 2.39. The first-order valence-corrected chi connectivity index (χ1v) is 6.18. The number of benzene rings is 2. The van der Waals surface area contributed by atoms with Crippen molar-refractivity contribution in [3.63, 3.8) is 0 Å². The summed E-state index contributed by atoms with van der Waals surface area (Å²) in [6, 6.07) is 16.7. The molecule has 2 aromatic rings. The quantitative estimate of drug-likeness (QED) is 0.891. The summed E-state index contributed by atoms with van der Waals surface area (Å²) in [4.78, 5) is 0. The Morgan fingerprint density at radius 3 is 2.33 bits per heavy atom. The van der Waals surface area contributed by atoms with E-state index in [0.29, 0.717) is 0 Å². The summed E-state index contributed by atoms with van der Waals surface area (Å²) in [5.74, 6) is 0.878. The van der Waals surface area contributed by atoms with Gasteiger partial charge in [-0.15, -0.1) is 0 Å². The van der Waals surface area contributed by atoms with Gasteiger partial charge in [0.25, 0.3) is 0 Å². The second-order valence-electron chi connectivity index (χ2n) is 4.57. The average molecular weight is 241 g/mol. The number of methoxy groups -OCH3 is 1. The summed E-state index contributed by atoms with van der Waals surface area (Å²) in [5.41, 5.74) is 9.64. The lowest BCUT2D eigenvalue weighted by atomic mass is 9.96. The van der Waals surface area contributed by atoms with Crippen molar-refractivity contribution in [2.75, 3.05) is 7.11 Å². The van der Waals surface area contributed by atoms with Gasteiger partial charge in [-0.1, -0.05) is 36.4 Å². The minimum Gasteiger partial charge on any atom is -0.497 e. The second-order valence-corrected chi connectivity index (χ2v) is 4.57. The summed E-state index contributed by atoms with van der Waals surface area (Å²) in [7, 11) is 1.68. The molecule has 94 valence electrons. The fraction of sp³-hybridized carbons (Fsp3) is 0.250. The molecule has 2 N–H and O–H groups in total. The van der Waals surface area contributed by atoms with E-state index >= 15 is 0 Å². The van der Waals surface area contributed by atoms with Gasteiger partial charge in [0.05, 0.1) is 7.11 Å². The summed E-state index contributed by atoms with van der Waals surface area (Å²) < 4.78 is 5.18. The molecular weight excluding hydrogens is 222 g/mol. The summed E-state index contributed by atoms with van der Waals surface area (Å²) in [6.07, 6.45) is 0.891. The standard InChI is InChI=1S/C16H19NO/c1-12(17)11-14-5-3-4-6-16(14)13-7-9-15(18-2)10-8-13/h3-10,12H,11,17H2,1-2H3. The Labute approximate surface area is 108 Å². The van der Waals surface area contributed by atoms with Gasteiger partial charge in [0, 0.05) is 6.04 Å². The lowest BCUT2D eigenvalue weighted by Crippen LogP contribution is -2.18. The first-order chi connectivity index (χ1) is 8.70. The van der Waals surface area contributed by atoms with Gasteiger partial charge in [0.1, 0.15) is 5.75 Å². The van der Waals surface area contributed by atoms with Gasteiger partial charge in [-0.2, -0.15) is 0 Å². The zero-order valence-electron chi connectivity index (χ0n) is 10.9. The van der Waals surface area contributed by atoms with Crippen molar-refractivity contribution in [3.8, 4) is 16.9 Å². The van der Waals surface area contributed by atoms with Gasteiger partial charge in [-0.3, -0.25) is 0 Å². The minimum atomic E-state index is 0.171. The highest BCUT2D eigenvalue weighted by molar-refractivity contribution is 5.68. The van der Waals surface area contributed by atoms with E-state index in [9.17, 15) is 0 Å². The Balaban J connectivity index is 2.36. The molecule has 0 bridgehead atoms. The maximum Gasteiger partial charge on any atom is 0.118 e. The molecule has 0 aliphatic rings. The lowest BCUT2D eigenvalue weighted by Gasteiger charge is -2.12. The Bertz CT molecular complexity index is 503. The topological polar surface area (TPSA) is 35.2 Å². The molecule has 0 aliphatic heterocycles. The number of ether oxygens (including phenoxy) is 1. The van der Waals surface area contributed by atoms with Gasteiger partial charge >= 0.3 is 0 Å². The number of nitrogens with two attached hydrogens (primary N) is 1. The van der Waals surface area contributed by atoms with E-state index in [2.05, 4.69) is 36.4 Å². The van der Waals surface area contributed by atoms with E-state index < -0.39 is 0 Å². The van der Waals surface area contributed by atoms with E-state index in [1.165, 1.54) is 16.7 Å². The van der Waals surface area contributed by atoms with Crippen molar-refractivity contribution in [1.82, 2.24) is 0 Å². The molecule has 1 unspecified atom stereocenters. The monoisotopic (exact) mass is 241 g/mol. The second kappa shape index (κ2) is 5.69. The molecule has 2 heteroatoms. The van der Waals surface area contributed by atoms with Crippen LogP contribution in [0.4, 0.5) is 0 Å². The minimum absolute atomic E-state index is 0.171. The van der Waals surface area contributed by atoms with Crippen LogP contribution in [0.25, 0.3) is 11.1 Å². The van der Waals surface area contributed by atoms with Crippen LogP contribution >= 0.6 is 0 Å². The predicted octanol–water partition coefficient (Wildman–Crippen LogP) is 3.25. The van der Waals surface area contributed by atoms with Crippen molar-refractivity contribution in [3.05, 3.63) is 54.1 Å². The van der Waals surface area contributed by atoms with Crippen molar-refractivity contribution in [2.24, 2.45) is 5.73 Å². The Kier molecular flexibility index (Phi) is 4.00. The third-order valence-corrected chi connectivity index (χ3v) is 2.96. The van der Waals surface area contributed by atoms with Crippen LogP contribution in [0.3, 0.4) is 0 Å². The molecule has 0 saturated carbocycles. The molecule has 0 radical (unpaired) electrons. The molecule has 18 heavy (non-hydrogen) atoms. The van der Waals surface area contributed by atoms with Crippen molar-refractivity contribution in [1.29, 1.82) is 0 Å². The fourth-order valence-corrected chi connectivity index (χ4v) is 2.10. The van der Waals surface area contributed by atoms with Gasteiger partial charge in [0.2, 0.25) is 0 Å². The van der Waals surface area contributed by atoms with E-state index in [-0.39, 0.29) is 6.04 Å². The number of hydrogen-bond acceptors (Lipinski definition) is 2. The van der Waals surface area contributed by atoms with Crippen LogP contribution < -0.4 is 10.5 Å². The first kappa shape index (κ1) is 12.7. The maximum atomic E-state index is 5.90. The molecule has 2 aromatic carbocycles. The Hall–Kier alpha value is -1.80. The first-order valence-electron chi connectivity index (χ1n) is 6.18. The smallest absolute Gasteiger partial charge is 0.118 e. The van der Waals surface area contributed by atoms with Gasteiger partial charge in [-0.25, -0.2) is 0 Å². The zero-order valence-corrected chi connectivity index (χ0v) is 10.9. The molecule has 0 fully saturated rings. The normalized spacial score (nSPS) is 12.2. The SMILES string of the molecule is COc1ccc(-c2ccccc2CC(C)N)cc1. The molecule has 0 amide bonds. The van der Waals surface area contributed by atoms with E-state index in [4.69, 9.17) is 10.5 Å². The zero-order chi connectivity index (χ0) is 13.0. The molecule has 0 aromatic heterocycles. The van der Waals surface area contributed by atoms with Crippen LogP contribution in [-0.2, 0) is 6.42 Å². The van der Waals surface area contributed by atoms with Gasteiger partial charge in [-0.05, 0) is 42.2 Å². The predicted molar refractivity (Wildman–Crippen MR) is 75.8 cm³/mol. The van der Waals surface area contributed by atoms with Crippen LogP contribution in [0, 0.1) is 0 Å². The molecule has 1 atom stereocenters.